The summed E-state index contributed by atoms with van der Waals surface area (Å²) in [4.78, 5) is 31.6. The maximum atomic E-state index is 13.7. The highest BCUT2D eigenvalue weighted by Gasteiger charge is 2.43. The van der Waals surface area contributed by atoms with E-state index in [-0.39, 0.29) is 23.6 Å². The molecular formula is C24H33N3O4S. The molecule has 1 aromatic rings. The molecule has 0 spiro atoms. The van der Waals surface area contributed by atoms with Crippen molar-refractivity contribution in [2.45, 2.75) is 59.0 Å². The summed E-state index contributed by atoms with van der Waals surface area (Å²) in [6.07, 6.45) is 6.47. The quantitative estimate of drug-likeness (QED) is 0.511. The number of rotatable bonds is 10. The molecule has 1 aliphatic carbocycles. The van der Waals surface area contributed by atoms with E-state index in [2.05, 4.69) is 37.6 Å². The monoisotopic (exact) mass is 459 g/mol. The minimum Gasteiger partial charge on any atom is -0.495 e. The van der Waals surface area contributed by atoms with E-state index in [0.717, 1.165) is 42.7 Å². The Bertz CT molecular complexity index is 960. The SMILES string of the molecule is CCCCOC1=C2C(=O)C(c3nc(C(=O)O)cs3)=CC=C2C(CC)N(CC(C)C)C1CN. The van der Waals surface area contributed by atoms with Crippen LogP contribution in [0.3, 0.4) is 0 Å². The van der Waals surface area contributed by atoms with Gasteiger partial charge in [-0.15, -0.1) is 11.3 Å². The summed E-state index contributed by atoms with van der Waals surface area (Å²) in [5, 5.41) is 11.1. The Hall–Kier alpha value is -2.29. The van der Waals surface area contributed by atoms with Crippen LogP contribution in [0.2, 0.25) is 0 Å². The lowest BCUT2D eigenvalue weighted by molar-refractivity contribution is -0.111. The number of carbonyl (C=O) groups is 2. The molecule has 0 saturated heterocycles. The molecule has 0 bridgehead atoms. The second kappa shape index (κ2) is 10.6. The van der Waals surface area contributed by atoms with Gasteiger partial charge in [0.15, 0.2) is 11.5 Å². The van der Waals surface area contributed by atoms with Gasteiger partial charge in [-0.2, -0.15) is 0 Å². The van der Waals surface area contributed by atoms with Crippen LogP contribution >= 0.6 is 11.3 Å². The molecule has 2 aliphatic rings. The molecule has 0 saturated carbocycles. The molecule has 2 heterocycles. The third kappa shape index (κ3) is 4.72. The number of aromatic nitrogens is 1. The van der Waals surface area contributed by atoms with Crippen LogP contribution in [-0.2, 0) is 9.53 Å². The van der Waals surface area contributed by atoms with Crippen molar-refractivity contribution in [3.63, 3.8) is 0 Å². The molecule has 0 aromatic carbocycles. The number of carboxylic acids is 1. The summed E-state index contributed by atoms with van der Waals surface area (Å²) in [5.41, 5.74) is 8.13. The second-order valence-electron chi connectivity index (χ2n) is 8.58. The highest BCUT2D eigenvalue weighted by atomic mass is 32.1. The summed E-state index contributed by atoms with van der Waals surface area (Å²) < 4.78 is 6.26. The molecule has 0 fully saturated rings. The first-order valence-corrected chi connectivity index (χ1v) is 12.2. The molecule has 2 atom stereocenters. The first-order chi connectivity index (χ1) is 15.3. The molecule has 0 amide bonds. The van der Waals surface area contributed by atoms with Gasteiger partial charge in [0.05, 0.1) is 23.8 Å². The van der Waals surface area contributed by atoms with Crippen molar-refractivity contribution >= 4 is 28.7 Å². The van der Waals surface area contributed by atoms with Crippen LogP contribution in [0.5, 0.6) is 0 Å². The normalized spacial score (nSPS) is 21.5. The van der Waals surface area contributed by atoms with Crippen molar-refractivity contribution < 1.29 is 19.4 Å². The number of carboxylic acid groups (broad SMARTS) is 1. The number of carbonyl (C=O) groups excluding carboxylic acids is 1. The van der Waals surface area contributed by atoms with Crippen molar-refractivity contribution in [1.82, 2.24) is 9.88 Å². The molecule has 8 heteroatoms. The molecule has 3 N–H and O–H groups in total. The number of Topliss-reactive ketones (excluding diaryl/α,β-unsaturated/α-hetero) is 1. The van der Waals surface area contributed by atoms with E-state index in [9.17, 15) is 14.7 Å². The smallest absolute Gasteiger partial charge is 0.355 e. The molecule has 3 rings (SSSR count). The number of aromatic carboxylic acids is 1. The average molecular weight is 460 g/mol. The lowest BCUT2D eigenvalue weighted by Crippen LogP contribution is -2.54. The van der Waals surface area contributed by atoms with Gasteiger partial charge in [-0.05, 0) is 30.4 Å². The maximum absolute atomic E-state index is 13.7. The van der Waals surface area contributed by atoms with Crippen LogP contribution in [-0.4, -0.2) is 58.5 Å². The average Bonchev–Trinajstić information content (AvgIpc) is 3.24. The fourth-order valence-corrected chi connectivity index (χ4v) is 5.19. The third-order valence-electron chi connectivity index (χ3n) is 5.79. The number of nitrogens with two attached hydrogens (primary N) is 1. The van der Waals surface area contributed by atoms with E-state index in [1.807, 2.05) is 6.08 Å². The van der Waals surface area contributed by atoms with Crippen molar-refractivity contribution in [2.75, 3.05) is 19.7 Å². The van der Waals surface area contributed by atoms with Gasteiger partial charge in [0, 0.05) is 24.5 Å². The van der Waals surface area contributed by atoms with Gasteiger partial charge in [-0.1, -0.05) is 40.2 Å². The Kier molecular flexibility index (Phi) is 8.03. The maximum Gasteiger partial charge on any atom is 0.355 e. The number of thiazole rings is 1. The largest absolute Gasteiger partial charge is 0.495 e. The zero-order valence-electron chi connectivity index (χ0n) is 19.3. The minimum absolute atomic E-state index is 0.0557. The van der Waals surface area contributed by atoms with Gasteiger partial charge >= 0.3 is 5.97 Å². The number of ketones is 1. The van der Waals surface area contributed by atoms with E-state index >= 15 is 0 Å². The summed E-state index contributed by atoms with van der Waals surface area (Å²) in [6.45, 7) is 10.3. The Morgan fingerprint density at radius 3 is 2.62 bits per heavy atom. The van der Waals surface area contributed by atoms with Crippen LogP contribution < -0.4 is 5.73 Å². The Balaban J connectivity index is 2.13. The fourth-order valence-electron chi connectivity index (χ4n) is 4.37. The Labute approximate surface area is 193 Å². The Morgan fingerprint density at radius 1 is 1.31 bits per heavy atom. The standard InChI is InChI=1S/C24H33N3O4S/c1-5-7-10-31-22-19(11-25)27(12-14(3)4)18(6-2)15-8-9-16(21(28)20(15)22)23-26-17(13-32-23)24(29)30/h8-9,13-14,18-19H,5-7,10-12,25H2,1-4H3,(H,29,30). The summed E-state index contributed by atoms with van der Waals surface area (Å²) >= 11 is 1.16. The predicted octanol–water partition coefficient (Wildman–Crippen LogP) is 3.88. The molecule has 0 radical (unpaired) electrons. The fraction of sp³-hybridized carbons (Fsp3) is 0.542. The zero-order valence-corrected chi connectivity index (χ0v) is 20.1. The van der Waals surface area contributed by atoms with Gasteiger partial charge in [0.1, 0.15) is 10.8 Å². The third-order valence-corrected chi connectivity index (χ3v) is 6.67. The highest BCUT2D eigenvalue weighted by molar-refractivity contribution is 7.11. The molecule has 2 unspecified atom stereocenters. The predicted molar refractivity (Wildman–Crippen MR) is 126 cm³/mol. The van der Waals surface area contributed by atoms with Crippen molar-refractivity contribution in [1.29, 1.82) is 0 Å². The van der Waals surface area contributed by atoms with Gasteiger partial charge < -0.3 is 15.6 Å². The van der Waals surface area contributed by atoms with Crippen molar-refractivity contribution in [3.05, 3.63) is 45.1 Å². The van der Waals surface area contributed by atoms with E-state index in [4.69, 9.17) is 10.5 Å². The number of nitrogens with zero attached hydrogens (tertiary/aromatic N) is 2. The van der Waals surface area contributed by atoms with Crippen molar-refractivity contribution in [2.24, 2.45) is 11.7 Å². The highest BCUT2D eigenvalue weighted by Crippen LogP contribution is 2.41. The summed E-state index contributed by atoms with van der Waals surface area (Å²) in [5.74, 6) is -0.191. The summed E-state index contributed by atoms with van der Waals surface area (Å²) in [6, 6.07) is -0.118. The Morgan fingerprint density at radius 2 is 2.06 bits per heavy atom. The lowest BCUT2D eigenvalue weighted by atomic mass is 9.79. The molecule has 1 aliphatic heterocycles. The molecular weight excluding hydrogens is 426 g/mol. The molecule has 1 aromatic heterocycles. The minimum atomic E-state index is -1.10. The first kappa shape index (κ1) is 24.4. The second-order valence-corrected chi connectivity index (χ2v) is 9.44. The van der Waals surface area contributed by atoms with Gasteiger partial charge in [0.25, 0.3) is 0 Å². The lowest BCUT2D eigenvalue weighted by Gasteiger charge is -2.45. The zero-order chi connectivity index (χ0) is 23.4. The van der Waals surface area contributed by atoms with Crippen LogP contribution in [0.25, 0.3) is 5.57 Å². The number of fused-ring (bicyclic) bond motifs is 1. The van der Waals surface area contributed by atoms with Gasteiger partial charge in [-0.25, -0.2) is 9.78 Å². The van der Waals surface area contributed by atoms with E-state index < -0.39 is 5.97 Å². The number of hydrogen-bond acceptors (Lipinski definition) is 7. The van der Waals surface area contributed by atoms with E-state index in [1.165, 1.54) is 5.38 Å². The van der Waals surface area contributed by atoms with Crippen LogP contribution in [0.1, 0.15) is 62.5 Å². The van der Waals surface area contributed by atoms with E-state index in [1.54, 1.807) is 6.08 Å². The number of unbranched alkanes of at least 4 members (excludes halogenated alkanes) is 1. The molecule has 174 valence electrons. The molecule has 7 nitrogen and oxygen atoms in total. The first-order valence-electron chi connectivity index (χ1n) is 11.3. The summed E-state index contributed by atoms with van der Waals surface area (Å²) in [7, 11) is 0. The van der Waals surface area contributed by atoms with Crippen LogP contribution in [0, 0.1) is 5.92 Å². The number of allylic oxidation sites excluding steroid dienone is 3. The van der Waals surface area contributed by atoms with Crippen molar-refractivity contribution in [3.8, 4) is 0 Å². The van der Waals surface area contributed by atoms with Crippen LogP contribution in [0.15, 0.2) is 34.4 Å². The number of ether oxygens (including phenoxy) is 1. The van der Waals surface area contributed by atoms with E-state index in [0.29, 0.717) is 41.0 Å². The van der Waals surface area contributed by atoms with Crippen LogP contribution in [0.4, 0.5) is 0 Å². The number of hydrogen-bond donors (Lipinski definition) is 2. The molecule has 32 heavy (non-hydrogen) atoms. The van der Waals surface area contributed by atoms with Gasteiger partial charge in [-0.3, -0.25) is 9.69 Å². The topological polar surface area (TPSA) is 106 Å². The van der Waals surface area contributed by atoms with Gasteiger partial charge in [0.2, 0.25) is 0 Å².